The molecule has 0 saturated heterocycles. The number of nitrogens with one attached hydrogen (secondary N) is 1. The molecule has 25 heavy (non-hydrogen) atoms. The number of aromatic nitrogens is 1. The van der Waals surface area contributed by atoms with Crippen molar-refractivity contribution in [2.24, 2.45) is 5.92 Å². The lowest BCUT2D eigenvalue weighted by Gasteiger charge is -2.39. The minimum atomic E-state index is -0.633. The Morgan fingerprint density at radius 2 is 2.16 bits per heavy atom. The van der Waals surface area contributed by atoms with Crippen LogP contribution in [0.4, 0.5) is 4.79 Å². The van der Waals surface area contributed by atoms with Crippen molar-refractivity contribution < 1.29 is 14.3 Å². The molecule has 0 bridgehead atoms. The van der Waals surface area contributed by atoms with Gasteiger partial charge in [-0.1, -0.05) is 18.2 Å². The number of hydrogen-bond acceptors (Lipinski definition) is 4. The number of H-pyrrole nitrogens is 1. The van der Waals surface area contributed by atoms with Gasteiger partial charge in [0.15, 0.2) is 0 Å². The van der Waals surface area contributed by atoms with Crippen LogP contribution in [0, 0.1) is 5.92 Å². The fourth-order valence-electron chi connectivity index (χ4n) is 4.08. The maximum atomic E-state index is 12.7. The number of carbonyl (C=O) groups excluding carboxylic acids is 2. The van der Waals surface area contributed by atoms with Crippen LogP contribution in [0.25, 0.3) is 16.5 Å². The molecule has 1 aromatic heterocycles. The van der Waals surface area contributed by atoms with Gasteiger partial charge in [0.1, 0.15) is 0 Å². The summed E-state index contributed by atoms with van der Waals surface area (Å²) in [4.78, 5) is 31.0. The predicted octanol–water partition coefficient (Wildman–Crippen LogP) is 2.26. The van der Waals surface area contributed by atoms with Gasteiger partial charge in [-0.25, -0.2) is 4.79 Å². The molecule has 1 N–H and O–H groups in total. The van der Waals surface area contributed by atoms with Crippen LogP contribution in [-0.4, -0.2) is 60.6 Å². The summed E-state index contributed by atoms with van der Waals surface area (Å²) in [6.07, 6.45) is 4.41. The average Bonchev–Trinajstić information content (AvgIpc) is 3.05. The number of rotatable bonds is 1. The van der Waals surface area contributed by atoms with Gasteiger partial charge in [0.05, 0.1) is 13.0 Å². The van der Waals surface area contributed by atoms with E-state index in [1.54, 1.807) is 0 Å². The first-order valence-corrected chi connectivity index (χ1v) is 8.38. The van der Waals surface area contributed by atoms with Crippen LogP contribution in [-0.2, 0) is 16.0 Å². The summed E-state index contributed by atoms with van der Waals surface area (Å²) in [5, 5.41) is 1.24. The molecule has 1 aliphatic carbocycles. The Morgan fingerprint density at radius 1 is 1.36 bits per heavy atom. The van der Waals surface area contributed by atoms with Crippen molar-refractivity contribution in [3.63, 3.8) is 0 Å². The van der Waals surface area contributed by atoms with Gasteiger partial charge >= 0.3 is 6.09 Å². The largest absolute Gasteiger partial charge is 0.452 e. The summed E-state index contributed by atoms with van der Waals surface area (Å²) in [6.45, 7) is 0.587. The first kappa shape index (κ1) is 15.9. The molecule has 0 saturated carbocycles. The molecule has 1 aliphatic heterocycles. The Morgan fingerprint density at radius 3 is 2.92 bits per heavy atom. The molecule has 6 heteroatoms. The summed E-state index contributed by atoms with van der Waals surface area (Å²) in [5.74, 6) is -0.604. The number of ether oxygens (including phenoxy) is 1. The van der Waals surface area contributed by atoms with Crippen LogP contribution >= 0.6 is 0 Å². The third-order valence-electron chi connectivity index (χ3n) is 5.36. The van der Waals surface area contributed by atoms with E-state index in [2.05, 4.69) is 33.0 Å². The second-order valence-electron chi connectivity index (χ2n) is 6.80. The predicted molar refractivity (Wildman–Crippen MR) is 95.1 cm³/mol. The molecular weight excluding hydrogens is 318 g/mol. The zero-order valence-corrected chi connectivity index (χ0v) is 14.6. The van der Waals surface area contributed by atoms with Crippen molar-refractivity contribution in [2.45, 2.75) is 12.5 Å². The third kappa shape index (κ3) is 2.36. The lowest BCUT2D eigenvalue weighted by molar-refractivity contribution is -0.131. The van der Waals surface area contributed by atoms with Gasteiger partial charge in [-0.15, -0.1) is 0 Å². The van der Waals surface area contributed by atoms with Crippen molar-refractivity contribution in [3.8, 4) is 0 Å². The molecule has 2 unspecified atom stereocenters. The van der Waals surface area contributed by atoms with Crippen molar-refractivity contribution in [2.75, 3.05) is 27.7 Å². The van der Waals surface area contributed by atoms with Gasteiger partial charge in [-0.05, 0) is 36.2 Å². The van der Waals surface area contributed by atoms with Gasteiger partial charge in [0.25, 0.3) is 0 Å². The summed E-state index contributed by atoms with van der Waals surface area (Å²) in [7, 11) is 4.78. The summed E-state index contributed by atoms with van der Waals surface area (Å²) in [5.41, 5.74) is 4.78. The van der Waals surface area contributed by atoms with Crippen LogP contribution in [0.2, 0.25) is 0 Å². The Bertz CT molecular complexity index is 898. The molecule has 0 radical (unpaired) electrons. The highest BCUT2D eigenvalue weighted by Crippen LogP contribution is 2.40. The topological polar surface area (TPSA) is 65.6 Å². The van der Waals surface area contributed by atoms with E-state index < -0.39 is 6.09 Å². The molecule has 1 aromatic carbocycles. The minimum Gasteiger partial charge on any atom is -0.452 e. The third-order valence-corrected chi connectivity index (χ3v) is 5.36. The molecule has 2 amide bonds. The minimum absolute atomic E-state index is 0.239. The highest BCUT2D eigenvalue weighted by Gasteiger charge is 2.37. The van der Waals surface area contributed by atoms with Crippen molar-refractivity contribution in [1.29, 1.82) is 0 Å². The SMILES string of the molecule is COC(=O)N(C)C(=O)C1C=C2c3cccc4[nH]cc(c34)CC2N(C)C1. The monoisotopic (exact) mass is 339 g/mol. The van der Waals surface area contributed by atoms with Crippen LogP contribution in [0.15, 0.2) is 30.5 Å². The van der Waals surface area contributed by atoms with Crippen LogP contribution in [0.5, 0.6) is 0 Å². The molecule has 130 valence electrons. The smallest absolute Gasteiger partial charge is 0.415 e. The zero-order valence-electron chi connectivity index (χ0n) is 14.6. The summed E-state index contributed by atoms with van der Waals surface area (Å²) >= 11 is 0. The first-order valence-electron chi connectivity index (χ1n) is 8.38. The average molecular weight is 339 g/mol. The van der Waals surface area contributed by atoms with E-state index in [4.69, 9.17) is 0 Å². The highest BCUT2D eigenvalue weighted by atomic mass is 16.5. The van der Waals surface area contributed by atoms with E-state index in [1.165, 1.54) is 36.2 Å². The summed E-state index contributed by atoms with van der Waals surface area (Å²) in [6, 6.07) is 6.47. The van der Waals surface area contributed by atoms with E-state index >= 15 is 0 Å². The number of aromatic amines is 1. The maximum Gasteiger partial charge on any atom is 0.415 e. The van der Waals surface area contributed by atoms with Gasteiger partial charge in [-0.2, -0.15) is 0 Å². The van der Waals surface area contributed by atoms with E-state index in [1.807, 2.05) is 19.2 Å². The standard InChI is InChI=1S/C19H21N3O3/c1-21-10-12(18(23)22(2)19(24)25-3)7-14-13-5-4-6-15-17(13)11(9-20-15)8-16(14)21/h4-7,9,12,16,20H,8,10H2,1-3H3. The molecule has 2 heterocycles. The van der Waals surface area contributed by atoms with Gasteiger partial charge in [0.2, 0.25) is 5.91 Å². The lowest BCUT2D eigenvalue weighted by atomic mass is 9.79. The second-order valence-corrected chi connectivity index (χ2v) is 6.80. The molecule has 0 fully saturated rings. The maximum absolute atomic E-state index is 12.7. The molecule has 0 spiro atoms. The lowest BCUT2D eigenvalue weighted by Crippen LogP contribution is -2.47. The van der Waals surface area contributed by atoms with E-state index in [0.29, 0.717) is 6.54 Å². The van der Waals surface area contributed by atoms with Gasteiger partial charge in [-0.3, -0.25) is 14.6 Å². The van der Waals surface area contributed by atoms with Crippen LogP contribution < -0.4 is 0 Å². The fraction of sp³-hybridized carbons (Fsp3) is 0.368. The molecule has 2 aromatic rings. The Hall–Kier alpha value is -2.60. The van der Waals surface area contributed by atoms with Crippen LogP contribution in [0.1, 0.15) is 11.1 Å². The number of fused-ring (bicyclic) bond motifs is 2. The summed E-state index contributed by atoms with van der Waals surface area (Å²) < 4.78 is 4.67. The van der Waals surface area contributed by atoms with Gasteiger partial charge in [0, 0.05) is 36.7 Å². The zero-order chi connectivity index (χ0) is 17.7. The Kier molecular flexibility index (Phi) is 3.65. The highest BCUT2D eigenvalue weighted by molar-refractivity contribution is 6.00. The van der Waals surface area contributed by atoms with Crippen molar-refractivity contribution >= 4 is 28.5 Å². The molecule has 4 rings (SSSR count). The quantitative estimate of drug-likeness (QED) is 0.865. The van der Waals surface area contributed by atoms with E-state index in [0.717, 1.165) is 16.8 Å². The Labute approximate surface area is 146 Å². The number of amides is 2. The van der Waals surface area contributed by atoms with E-state index in [-0.39, 0.29) is 17.9 Å². The molecular formula is C19H21N3O3. The molecule has 2 atom stereocenters. The number of carbonyl (C=O) groups is 2. The normalized spacial score (nSPS) is 22.3. The molecule has 2 aliphatic rings. The number of likely N-dealkylation sites (N-methyl/N-ethyl adjacent to an activating group) is 1. The Balaban J connectivity index is 1.77. The van der Waals surface area contributed by atoms with Crippen LogP contribution in [0.3, 0.4) is 0 Å². The number of benzene rings is 1. The number of methoxy groups -OCH3 is 1. The second kappa shape index (κ2) is 5.74. The number of nitrogens with zero attached hydrogens (tertiary/aromatic N) is 2. The van der Waals surface area contributed by atoms with Gasteiger partial charge < -0.3 is 9.72 Å². The number of imide groups is 1. The van der Waals surface area contributed by atoms with E-state index in [9.17, 15) is 9.59 Å². The first-order chi connectivity index (χ1) is 12.0. The van der Waals surface area contributed by atoms with Crippen molar-refractivity contribution in [1.82, 2.24) is 14.8 Å². The number of hydrogen-bond donors (Lipinski definition) is 1. The van der Waals surface area contributed by atoms with Crippen molar-refractivity contribution in [3.05, 3.63) is 41.6 Å². The molecule has 6 nitrogen and oxygen atoms in total. The fourth-order valence-corrected chi connectivity index (χ4v) is 4.08.